The number of ether oxygens (including phenoxy) is 1. The zero-order chi connectivity index (χ0) is 9.52. The molecule has 0 aliphatic heterocycles. The Bertz CT molecular complexity index is 185. The lowest BCUT2D eigenvalue weighted by Gasteiger charge is -2.07. The van der Waals surface area contributed by atoms with Gasteiger partial charge in [0.15, 0.2) is 0 Å². The molecular formula is C11H18O2. The van der Waals surface area contributed by atoms with Gasteiger partial charge in [0.25, 0.3) is 0 Å². The molecule has 1 aliphatic rings. The first kappa shape index (κ1) is 10.3. The Morgan fingerprint density at radius 2 is 2.46 bits per heavy atom. The van der Waals surface area contributed by atoms with E-state index in [1.165, 1.54) is 0 Å². The number of unbranched alkanes of at least 4 members (excludes halogenated alkanes) is 1. The zero-order valence-electron chi connectivity index (χ0n) is 8.29. The SMILES string of the molecule is CCCCOC(=O)CC1C=CCC1. The minimum Gasteiger partial charge on any atom is -0.466 e. The van der Waals surface area contributed by atoms with Gasteiger partial charge in [0.2, 0.25) is 0 Å². The lowest BCUT2D eigenvalue weighted by atomic mass is 10.1. The third-order valence-corrected chi connectivity index (χ3v) is 2.30. The molecule has 0 heterocycles. The van der Waals surface area contributed by atoms with Crippen LogP contribution in [0.5, 0.6) is 0 Å². The summed E-state index contributed by atoms with van der Waals surface area (Å²) in [7, 11) is 0. The van der Waals surface area contributed by atoms with Crippen molar-refractivity contribution in [3.63, 3.8) is 0 Å². The van der Waals surface area contributed by atoms with Crippen LogP contribution in [0.25, 0.3) is 0 Å². The van der Waals surface area contributed by atoms with E-state index >= 15 is 0 Å². The highest BCUT2D eigenvalue weighted by Gasteiger charge is 2.14. The topological polar surface area (TPSA) is 26.3 Å². The van der Waals surface area contributed by atoms with Gasteiger partial charge >= 0.3 is 5.97 Å². The fourth-order valence-corrected chi connectivity index (χ4v) is 1.47. The molecule has 1 aliphatic carbocycles. The molecule has 2 heteroatoms. The first-order chi connectivity index (χ1) is 6.33. The van der Waals surface area contributed by atoms with Crippen molar-refractivity contribution in [1.29, 1.82) is 0 Å². The second-order valence-electron chi connectivity index (χ2n) is 3.54. The van der Waals surface area contributed by atoms with Crippen LogP contribution in [0.4, 0.5) is 0 Å². The summed E-state index contributed by atoms with van der Waals surface area (Å²) in [6, 6.07) is 0. The number of hydrogen-bond donors (Lipinski definition) is 0. The molecule has 13 heavy (non-hydrogen) atoms. The van der Waals surface area contributed by atoms with E-state index in [-0.39, 0.29) is 5.97 Å². The molecule has 0 radical (unpaired) electrons. The third-order valence-electron chi connectivity index (χ3n) is 2.30. The van der Waals surface area contributed by atoms with Crippen LogP contribution in [0.15, 0.2) is 12.2 Å². The van der Waals surface area contributed by atoms with Crippen molar-refractivity contribution < 1.29 is 9.53 Å². The summed E-state index contributed by atoms with van der Waals surface area (Å²) in [5.41, 5.74) is 0. The van der Waals surface area contributed by atoms with E-state index in [9.17, 15) is 4.79 Å². The zero-order valence-corrected chi connectivity index (χ0v) is 8.29. The largest absolute Gasteiger partial charge is 0.466 e. The van der Waals surface area contributed by atoms with Crippen LogP contribution in [0, 0.1) is 5.92 Å². The predicted molar refractivity (Wildman–Crippen MR) is 52.3 cm³/mol. The Balaban J connectivity index is 2.06. The monoisotopic (exact) mass is 182 g/mol. The summed E-state index contributed by atoms with van der Waals surface area (Å²) in [6.45, 7) is 2.68. The Morgan fingerprint density at radius 1 is 1.62 bits per heavy atom. The van der Waals surface area contributed by atoms with Crippen LogP contribution >= 0.6 is 0 Å². The third kappa shape index (κ3) is 4.11. The van der Waals surface area contributed by atoms with E-state index in [1.807, 2.05) is 0 Å². The fourth-order valence-electron chi connectivity index (χ4n) is 1.47. The van der Waals surface area contributed by atoms with Crippen molar-refractivity contribution in [1.82, 2.24) is 0 Å². The second kappa shape index (κ2) is 5.79. The summed E-state index contributed by atoms with van der Waals surface area (Å²) in [5.74, 6) is 0.402. The number of carbonyl (C=O) groups excluding carboxylic acids is 1. The highest BCUT2D eigenvalue weighted by molar-refractivity contribution is 5.70. The quantitative estimate of drug-likeness (QED) is 0.371. The van der Waals surface area contributed by atoms with Crippen LogP contribution < -0.4 is 0 Å². The van der Waals surface area contributed by atoms with Crippen molar-refractivity contribution in [2.75, 3.05) is 6.61 Å². The smallest absolute Gasteiger partial charge is 0.306 e. The molecule has 0 spiro atoms. The summed E-state index contributed by atoms with van der Waals surface area (Å²) in [5, 5.41) is 0. The number of esters is 1. The normalized spacial score (nSPS) is 20.5. The molecule has 2 nitrogen and oxygen atoms in total. The predicted octanol–water partition coefficient (Wildman–Crippen LogP) is 2.69. The molecule has 0 N–H and O–H groups in total. The number of carbonyl (C=O) groups is 1. The van der Waals surface area contributed by atoms with Gasteiger partial charge in [-0.05, 0) is 25.2 Å². The van der Waals surface area contributed by atoms with Crippen LogP contribution in [0.1, 0.15) is 39.0 Å². The van der Waals surface area contributed by atoms with Gasteiger partial charge < -0.3 is 4.74 Å². The number of allylic oxidation sites excluding steroid dienone is 2. The van der Waals surface area contributed by atoms with Gasteiger partial charge in [-0.1, -0.05) is 25.5 Å². The van der Waals surface area contributed by atoms with E-state index in [0.717, 1.165) is 25.7 Å². The molecule has 1 atom stereocenters. The Hall–Kier alpha value is -0.790. The van der Waals surface area contributed by atoms with E-state index in [4.69, 9.17) is 4.74 Å². The molecule has 0 aromatic heterocycles. The molecule has 0 amide bonds. The Kier molecular flexibility index (Phi) is 4.58. The van der Waals surface area contributed by atoms with E-state index < -0.39 is 0 Å². The van der Waals surface area contributed by atoms with Crippen molar-refractivity contribution in [3.8, 4) is 0 Å². The lowest BCUT2D eigenvalue weighted by molar-refractivity contribution is -0.144. The maximum absolute atomic E-state index is 11.2. The van der Waals surface area contributed by atoms with Crippen molar-refractivity contribution in [2.24, 2.45) is 5.92 Å². The Labute approximate surface area is 80.0 Å². The summed E-state index contributed by atoms with van der Waals surface area (Å²) in [4.78, 5) is 11.2. The van der Waals surface area contributed by atoms with Crippen molar-refractivity contribution in [3.05, 3.63) is 12.2 Å². The van der Waals surface area contributed by atoms with Gasteiger partial charge in [0.05, 0.1) is 13.0 Å². The average Bonchev–Trinajstić information content (AvgIpc) is 2.57. The maximum atomic E-state index is 11.2. The minimum absolute atomic E-state index is 0.0370. The average molecular weight is 182 g/mol. The molecule has 1 rings (SSSR count). The second-order valence-corrected chi connectivity index (χ2v) is 3.54. The van der Waals surface area contributed by atoms with Gasteiger partial charge in [-0.2, -0.15) is 0 Å². The summed E-state index contributed by atoms with van der Waals surface area (Å²) < 4.78 is 5.07. The summed E-state index contributed by atoms with van der Waals surface area (Å²) >= 11 is 0. The van der Waals surface area contributed by atoms with Crippen molar-refractivity contribution >= 4 is 5.97 Å². The van der Waals surface area contributed by atoms with E-state index in [2.05, 4.69) is 19.1 Å². The lowest BCUT2D eigenvalue weighted by Crippen LogP contribution is -2.09. The highest BCUT2D eigenvalue weighted by atomic mass is 16.5. The van der Waals surface area contributed by atoms with Crippen LogP contribution in [0.3, 0.4) is 0 Å². The van der Waals surface area contributed by atoms with Crippen molar-refractivity contribution in [2.45, 2.75) is 39.0 Å². The molecule has 1 unspecified atom stereocenters. The molecule has 0 aromatic rings. The maximum Gasteiger partial charge on any atom is 0.306 e. The van der Waals surface area contributed by atoms with Crippen LogP contribution in [-0.2, 0) is 9.53 Å². The Morgan fingerprint density at radius 3 is 3.08 bits per heavy atom. The van der Waals surface area contributed by atoms with Gasteiger partial charge in [-0.3, -0.25) is 4.79 Å². The molecule has 0 aromatic carbocycles. The van der Waals surface area contributed by atoms with Gasteiger partial charge in [0, 0.05) is 0 Å². The molecule has 0 bridgehead atoms. The van der Waals surface area contributed by atoms with Crippen LogP contribution in [0.2, 0.25) is 0 Å². The first-order valence-electron chi connectivity index (χ1n) is 5.15. The molecule has 0 saturated carbocycles. The van der Waals surface area contributed by atoms with Gasteiger partial charge in [-0.15, -0.1) is 0 Å². The van der Waals surface area contributed by atoms with E-state index in [1.54, 1.807) is 0 Å². The van der Waals surface area contributed by atoms with E-state index in [0.29, 0.717) is 18.9 Å². The standard InChI is InChI=1S/C11H18O2/c1-2-3-8-13-11(12)9-10-6-4-5-7-10/h4,6,10H,2-3,5,7-9H2,1H3. The molecule has 74 valence electrons. The number of hydrogen-bond acceptors (Lipinski definition) is 2. The number of rotatable bonds is 5. The molecule has 0 fully saturated rings. The first-order valence-corrected chi connectivity index (χ1v) is 5.15. The summed E-state index contributed by atoms with van der Waals surface area (Å²) in [6.07, 6.45) is 9.13. The van der Waals surface area contributed by atoms with Gasteiger partial charge in [0.1, 0.15) is 0 Å². The van der Waals surface area contributed by atoms with Crippen LogP contribution in [-0.4, -0.2) is 12.6 Å². The fraction of sp³-hybridized carbons (Fsp3) is 0.727. The molecule has 0 saturated heterocycles. The minimum atomic E-state index is -0.0370. The molecular weight excluding hydrogens is 164 g/mol. The highest BCUT2D eigenvalue weighted by Crippen LogP contribution is 2.20. The van der Waals surface area contributed by atoms with Gasteiger partial charge in [-0.25, -0.2) is 0 Å².